The molecule has 2 rings (SSSR count). The Kier molecular flexibility index (Phi) is 12.4. The molecule has 0 aromatic heterocycles. The van der Waals surface area contributed by atoms with Crippen molar-refractivity contribution in [3.05, 3.63) is 82.2 Å². The van der Waals surface area contributed by atoms with E-state index in [2.05, 4.69) is 26.0 Å². The van der Waals surface area contributed by atoms with Gasteiger partial charge < -0.3 is 25.4 Å². The number of rotatable bonds is 13. The summed E-state index contributed by atoms with van der Waals surface area (Å²) in [5.74, 6) is -1.36. The second-order valence-corrected chi connectivity index (χ2v) is 7.60. The maximum Gasteiger partial charge on any atom is 0.407 e. The summed E-state index contributed by atoms with van der Waals surface area (Å²) in [5, 5.41) is 10.5. The van der Waals surface area contributed by atoms with Gasteiger partial charge in [0.1, 0.15) is 13.2 Å². The average molecular weight is 497 g/mol. The van der Waals surface area contributed by atoms with Crippen LogP contribution in [0.3, 0.4) is 0 Å². The highest BCUT2D eigenvalue weighted by molar-refractivity contribution is 5.85. The Morgan fingerprint density at radius 1 is 0.861 bits per heavy atom. The monoisotopic (exact) mass is 496 g/mol. The predicted molar refractivity (Wildman–Crippen MR) is 129 cm³/mol. The molecular weight excluding hydrogens is 468 g/mol. The van der Waals surface area contributed by atoms with Crippen molar-refractivity contribution in [2.45, 2.75) is 38.5 Å². The molecule has 12 heteroatoms. The minimum atomic E-state index is -0.837. The Labute approximate surface area is 208 Å². The third kappa shape index (κ3) is 12.1. The second-order valence-electron chi connectivity index (χ2n) is 7.60. The van der Waals surface area contributed by atoms with Crippen LogP contribution in [0.5, 0.6) is 0 Å². The number of ether oxygens (including phenoxy) is 2. The lowest BCUT2D eigenvalue weighted by Crippen LogP contribution is -2.40. The molecule has 0 unspecified atom stereocenters. The van der Waals surface area contributed by atoms with Gasteiger partial charge in [0.2, 0.25) is 11.8 Å². The maximum atomic E-state index is 12.3. The van der Waals surface area contributed by atoms with Crippen LogP contribution in [0.1, 0.15) is 30.4 Å². The first kappa shape index (κ1) is 27.7. The fourth-order valence-electron chi connectivity index (χ4n) is 3.03. The normalized spacial score (nSPS) is 10.8. The van der Waals surface area contributed by atoms with Gasteiger partial charge >= 0.3 is 12.2 Å². The van der Waals surface area contributed by atoms with Crippen LogP contribution in [0, 0.1) is 0 Å². The van der Waals surface area contributed by atoms with Gasteiger partial charge in [-0.1, -0.05) is 60.7 Å². The van der Waals surface area contributed by atoms with Crippen LogP contribution in [0.25, 0.3) is 10.4 Å². The van der Waals surface area contributed by atoms with Gasteiger partial charge in [-0.05, 0) is 34.6 Å². The van der Waals surface area contributed by atoms with E-state index in [9.17, 15) is 19.2 Å². The number of hydrogen-bond donors (Lipinski definition) is 3. The number of nitrogens with zero attached hydrogens (tertiary/aromatic N) is 3. The maximum absolute atomic E-state index is 12.3. The molecule has 12 nitrogen and oxygen atoms in total. The number of carbonyl (C=O) groups is 4. The summed E-state index contributed by atoms with van der Waals surface area (Å²) in [4.78, 5) is 50.0. The number of amides is 4. The first-order chi connectivity index (χ1) is 17.5. The van der Waals surface area contributed by atoms with Crippen molar-refractivity contribution in [3.63, 3.8) is 0 Å². The third-order valence-electron chi connectivity index (χ3n) is 4.77. The highest BCUT2D eigenvalue weighted by Crippen LogP contribution is 2.06. The molecule has 0 aliphatic carbocycles. The first-order valence-electron chi connectivity index (χ1n) is 11.2. The molecular formula is C24H28N6O6. The van der Waals surface area contributed by atoms with Crippen molar-refractivity contribution in [1.29, 1.82) is 0 Å². The SMILES string of the molecule is [N-]=[N+]=NC(=O)CNC(=O)C[C@@H](CCCNC(=O)OCc1ccccc1)NC(=O)OCc1ccccc1. The molecule has 1 atom stereocenters. The lowest BCUT2D eigenvalue weighted by molar-refractivity contribution is -0.125. The summed E-state index contributed by atoms with van der Waals surface area (Å²) in [6.45, 7) is -0.00928. The van der Waals surface area contributed by atoms with Crippen molar-refractivity contribution in [2.24, 2.45) is 5.11 Å². The van der Waals surface area contributed by atoms with Crippen molar-refractivity contribution in [1.82, 2.24) is 16.0 Å². The van der Waals surface area contributed by atoms with Gasteiger partial charge in [0, 0.05) is 23.9 Å². The molecule has 0 bridgehead atoms. The highest BCUT2D eigenvalue weighted by atomic mass is 16.6. The molecule has 2 aromatic rings. The Bertz CT molecular complexity index is 1040. The highest BCUT2D eigenvalue weighted by Gasteiger charge is 2.18. The topological polar surface area (TPSA) is 172 Å². The zero-order chi connectivity index (χ0) is 26.0. The third-order valence-corrected chi connectivity index (χ3v) is 4.77. The van der Waals surface area contributed by atoms with E-state index in [0.29, 0.717) is 12.8 Å². The summed E-state index contributed by atoms with van der Waals surface area (Å²) < 4.78 is 10.4. The van der Waals surface area contributed by atoms with Crippen LogP contribution >= 0.6 is 0 Å². The minimum Gasteiger partial charge on any atom is -0.445 e. The fourth-order valence-corrected chi connectivity index (χ4v) is 3.03. The molecule has 0 aliphatic rings. The number of azide groups is 1. The standard InChI is InChI=1S/C24H28N6O6/c25-30-29-22(32)15-27-21(31)14-20(28-24(34)36-17-19-10-5-2-6-11-19)12-7-13-26-23(33)35-16-18-8-3-1-4-9-18/h1-6,8-11,20H,7,12-17H2,(H,26,33)(H,27,31)(H,28,34)/t20-/m1/s1. The molecule has 190 valence electrons. The Balaban J connectivity index is 1.79. The van der Waals surface area contributed by atoms with E-state index in [1.807, 2.05) is 60.7 Å². The van der Waals surface area contributed by atoms with E-state index < -0.39 is 36.6 Å². The molecule has 0 saturated heterocycles. The summed E-state index contributed by atoms with van der Waals surface area (Å²) in [7, 11) is 0. The summed E-state index contributed by atoms with van der Waals surface area (Å²) in [6, 6.07) is 17.7. The number of carbonyl (C=O) groups excluding carboxylic acids is 4. The van der Waals surface area contributed by atoms with Crippen molar-refractivity contribution in [2.75, 3.05) is 13.1 Å². The van der Waals surface area contributed by atoms with Gasteiger partial charge in [-0.2, -0.15) is 0 Å². The van der Waals surface area contributed by atoms with Gasteiger partial charge in [0.25, 0.3) is 0 Å². The molecule has 0 fully saturated rings. The summed E-state index contributed by atoms with van der Waals surface area (Å²) in [6.07, 6.45) is -0.689. The van der Waals surface area contributed by atoms with Crippen LogP contribution in [-0.4, -0.2) is 43.1 Å². The molecule has 2 aromatic carbocycles. The van der Waals surface area contributed by atoms with Crippen molar-refractivity contribution < 1.29 is 28.7 Å². The molecule has 4 amide bonds. The Morgan fingerprint density at radius 3 is 2.03 bits per heavy atom. The van der Waals surface area contributed by atoms with Gasteiger partial charge in [-0.3, -0.25) is 9.59 Å². The van der Waals surface area contributed by atoms with E-state index in [1.165, 1.54) is 0 Å². The quantitative estimate of drug-likeness (QED) is 0.166. The lowest BCUT2D eigenvalue weighted by Gasteiger charge is -2.18. The van der Waals surface area contributed by atoms with Crippen LogP contribution in [-0.2, 0) is 32.3 Å². The average Bonchev–Trinajstić information content (AvgIpc) is 2.89. The smallest absolute Gasteiger partial charge is 0.407 e. The largest absolute Gasteiger partial charge is 0.445 e. The van der Waals surface area contributed by atoms with E-state index >= 15 is 0 Å². The van der Waals surface area contributed by atoms with E-state index in [0.717, 1.165) is 11.1 Å². The van der Waals surface area contributed by atoms with Crippen molar-refractivity contribution >= 4 is 24.0 Å². The van der Waals surface area contributed by atoms with E-state index in [1.54, 1.807) is 0 Å². The zero-order valence-corrected chi connectivity index (χ0v) is 19.6. The zero-order valence-electron chi connectivity index (χ0n) is 19.6. The molecule has 0 radical (unpaired) electrons. The molecule has 3 N–H and O–H groups in total. The molecule has 0 aliphatic heterocycles. The minimum absolute atomic E-state index is 0.0566. The number of benzene rings is 2. The van der Waals surface area contributed by atoms with Crippen LogP contribution in [0.2, 0.25) is 0 Å². The van der Waals surface area contributed by atoms with Crippen LogP contribution < -0.4 is 16.0 Å². The van der Waals surface area contributed by atoms with Crippen LogP contribution in [0.4, 0.5) is 9.59 Å². The number of hydrogen-bond acceptors (Lipinski definition) is 6. The molecule has 36 heavy (non-hydrogen) atoms. The summed E-state index contributed by atoms with van der Waals surface area (Å²) >= 11 is 0. The molecule has 0 saturated carbocycles. The molecule has 0 spiro atoms. The predicted octanol–water partition coefficient (Wildman–Crippen LogP) is 3.33. The first-order valence-corrected chi connectivity index (χ1v) is 11.2. The molecule has 0 heterocycles. The van der Waals surface area contributed by atoms with E-state index in [-0.39, 0.29) is 26.2 Å². The van der Waals surface area contributed by atoms with Gasteiger partial charge in [0.15, 0.2) is 0 Å². The van der Waals surface area contributed by atoms with Crippen LogP contribution in [0.15, 0.2) is 65.8 Å². The Morgan fingerprint density at radius 2 is 1.44 bits per heavy atom. The van der Waals surface area contributed by atoms with Gasteiger partial charge in [0.05, 0.1) is 6.54 Å². The number of nitrogens with one attached hydrogen (secondary N) is 3. The van der Waals surface area contributed by atoms with Gasteiger partial charge in [-0.25, -0.2) is 9.59 Å². The fraction of sp³-hybridized carbons (Fsp3) is 0.333. The van der Waals surface area contributed by atoms with Gasteiger partial charge in [-0.15, -0.1) is 0 Å². The number of alkyl carbamates (subject to hydrolysis) is 2. The Hall–Kier alpha value is -4.57. The summed E-state index contributed by atoms with van der Waals surface area (Å²) in [5.41, 5.74) is 9.91. The van der Waals surface area contributed by atoms with Crippen molar-refractivity contribution in [3.8, 4) is 0 Å². The second kappa shape index (κ2) is 16.1. The lowest BCUT2D eigenvalue weighted by atomic mass is 10.1. The van der Waals surface area contributed by atoms with E-state index in [4.69, 9.17) is 15.0 Å².